The Morgan fingerprint density at radius 2 is 2.26 bits per heavy atom. The molecular weight excluding hydrogens is 236 g/mol. The largest absolute Gasteiger partial charge is 0.488 e. The van der Waals surface area contributed by atoms with Crippen LogP contribution < -0.4 is 10.1 Å². The van der Waals surface area contributed by atoms with Gasteiger partial charge in [0.1, 0.15) is 11.9 Å². The molecule has 0 aliphatic carbocycles. The topological polar surface area (TPSA) is 24.5 Å². The third-order valence-corrected chi connectivity index (χ3v) is 4.25. The number of rotatable bonds is 4. The first kappa shape index (κ1) is 12.9. The number of benzene rings is 1. The zero-order valence-corrected chi connectivity index (χ0v) is 12.0. The van der Waals surface area contributed by atoms with Crippen LogP contribution in [-0.2, 0) is 6.42 Å². The molecule has 2 atom stereocenters. The van der Waals surface area contributed by atoms with E-state index >= 15 is 0 Å². The Balaban J connectivity index is 1.43. The van der Waals surface area contributed by atoms with Crippen LogP contribution in [0.25, 0.3) is 0 Å². The van der Waals surface area contributed by atoms with Gasteiger partial charge in [-0.25, -0.2) is 0 Å². The third-order valence-electron chi connectivity index (χ3n) is 4.25. The smallest absolute Gasteiger partial charge is 0.123 e. The fourth-order valence-electron chi connectivity index (χ4n) is 3.20. The summed E-state index contributed by atoms with van der Waals surface area (Å²) in [7, 11) is 2.21. The first-order valence-corrected chi connectivity index (χ1v) is 7.36. The number of hydrogen-bond donors (Lipinski definition) is 1. The quantitative estimate of drug-likeness (QED) is 0.894. The SMILES string of the molecule is Cc1ccc2c(c1)CC(CNCC1CCN(C)C1)O2. The average Bonchev–Trinajstić information content (AvgIpc) is 2.95. The van der Waals surface area contributed by atoms with E-state index in [0.29, 0.717) is 6.10 Å². The first-order valence-electron chi connectivity index (χ1n) is 7.36. The second-order valence-corrected chi connectivity index (χ2v) is 6.13. The highest BCUT2D eigenvalue weighted by Gasteiger charge is 2.23. The van der Waals surface area contributed by atoms with Crippen molar-refractivity contribution in [3.05, 3.63) is 29.3 Å². The van der Waals surface area contributed by atoms with E-state index in [-0.39, 0.29) is 0 Å². The normalized spacial score (nSPS) is 26.4. The van der Waals surface area contributed by atoms with E-state index in [0.717, 1.165) is 31.2 Å². The van der Waals surface area contributed by atoms with Crippen molar-refractivity contribution in [1.29, 1.82) is 0 Å². The van der Waals surface area contributed by atoms with Crippen molar-refractivity contribution in [1.82, 2.24) is 10.2 Å². The maximum absolute atomic E-state index is 5.97. The number of aryl methyl sites for hydroxylation is 1. The molecule has 0 aromatic heterocycles. The van der Waals surface area contributed by atoms with Crippen molar-refractivity contribution in [3.63, 3.8) is 0 Å². The molecule has 104 valence electrons. The summed E-state index contributed by atoms with van der Waals surface area (Å²) in [6.07, 6.45) is 2.69. The first-order chi connectivity index (χ1) is 9.20. The van der Waals surface area contributed by atoms with Crippen molar-refractivity contribution in [3.8, 4) is 5.75 Å². The van der Waals surface area contributed by atoms with Crippen molar-refractivity contribution < 1.29 is 4.74 Å². The van der Waals surface area contributed by atoms with Gasteiger partial charge in [-0.2, -0.15) is 0 Å². The van der Waals surface area contributed by atoms with Crippen LogP contribution in [-0.4, -0.2) is 44.2 Å². The minimum atomic E-state index is 0.316. The number of hydrogen-bond acceptors (Lipinski definition) is 3. The molecule has 3 heteroatoms. The van der Waals surface area contributed by atoms with Gasteiger partial charge in [0.15, 0.2) is 0 Å². The molecule has 0 bridgehead atoms. The van der Waals surface area contributed by atoms with E-state index in [1.165, 1.54) is 30.6 Å². The summed E-state index contributed by atoms with van der Waals surface area (Å²) in [6, 6.07) is 6.49. The van der Waals surface area contributed by atoms with Crippen LogP contribution in [0.4, 0.5) is 0 Å². The van der Waals surface area contributed by atoms with Gasteiger partial charge in [0.2, 0.25) is 0 Å². The molecule has 2 aliphatic heterocycles. The van der Waals surface area contributed by atoms with Crippen LogP contribution in [0, 0.1) is 12.8 Å². The summed E-state index contributed by atoms with van der Waals surface area (Å²) in [6.45, 7) is 6.71. The molecule has 1 saturated heterocycles. The molecule has 0 saturated carbocycles. The molecule has 0 amide bonds. The summed E-state index contributed by atoms with van der Waals surface area (Å²) in [5.41, 5.74) is 2.69. The van der Waals surface area contributed by atoms with Gasteiger partial charge in [0, 0.05) is 19.5 Å². The molecule has 1 fully saturated rings. The predicted octanol–water partition coefficient (Wildman–Crippen LogP) is 1.84. The van der Waals surface area contributed by atoms with Crippen molar-refractivity contribution >= 4 is 0 Å². The fourth-order valence-corrected chi connectivity index (χ4v) is 3.20. The lowest BCUT2D eigenvalue weighted by atomic mass is 10.1. The van der Waals surface area contributed by atoms with Crippen LogP contribution in [0.5, 0.6) is 5.75 Å². The lowest BCUT2D eigenvalue weighted by Crippen LogP contribution is -2.34. The highest BCUT2D eigenvalue weighted by atomic mass is 16.5. The molecule has 0 spiro atoms. The number of nitrogens with one attached hydrogen (secondary N) is 1. The lowest BCUT2D eigenvalue weighted by molar-refractivity contribution is 0.224. The molecule has 1 aromatic carbocycles. The van der Waals surface area contributed by atoms with Gasteiger partial charge in [-0.15, -0.1) is 0 Å². The Bertz CT molecular complexity index is 446. The van der Waals surface area contributed by atoms with Crippen LogP contribution >= 0.6 is 0 Å². The second kappa shape index (κ2) is 5.51. The summed E-state index contributed by atoms with van der Waals surface area (Å²) in [5.74, 6) is 1.90. The van der Waals surface area contributed by atoms with E-state index < -0.39 is 0 Å². The molecule has 3 rings (SSSR count). The Morgan fingerprint density at radius 1 is 1.37 bits per heavy atom. The molecule has 2 aliphatic rings. The molecule has 2 heterocycles. The third kappa shape index (κ3) is 3.10. The average molecular weight is 260 g/mol. The summed E-state index contributed by atoms with van der Waals surface area (Å²) < 4.78 is 5.97. The number of likely N-dealkylation sites (tertiary alicyclic amines) is 1. The molecule has 19 heavy (non-hydrogen) atoms. The van der Waals surface area contributed by atoms with E-state index in [4.69, 9.17) is 4.74 Å². The van der Waals surface area contributed by atoms with E-state index in [1.54, 1.807) is 0 Å². The summed E-state index contributed by atoms with van der Waals surface area (Å²) in [4.78, 5) is 2.41. The molecule has 1 aromatic rings. The maximum atomic E-state index is 5.97. The van der Waals surface area contributed by atoms with Gasteiger partial charge >= 0.3 is 0 Å². The predicted molar refractivity (Wildman–Crippen MR) is 77.8 cm³/mol. The zero-order chi connectivity index (χ0) is 13.2. The van der Waals surface area contributed by atoms with Gasteiger partial charge < -0.3 is 15.0 Å². The van der Waals surface area contributed by atoms with Crippen LogP contribution in [0.2, 0.25) is 0 Å². The minimum Gasteiger partial charge on any atom is -0.488 e. The fraction of sp³-hybridized carbons (Fsp3) is 0.625. The Kier molecular flexibility index (Phi) is 3.76. The number of ether oxygens (including phenoxy) is 1. The van der Waals surface area contributed by atoms with Crippen molar-refractivity contribution in [2.75, 3.05) is 33.2 Å². The van der Waals surface area contributed by atoms with Gasteiger partial charge in [-0.3, -0.25) is 0 Å². The Labute approximate surface area is 115 Å². The molecule has 3 nitrogen and oxygen atoms in total. The van der Waals surface area contributed by atoms with Crippen LogP contribution in [0.3, 0.4) is 0 Å². The summed E-state index contributed by atoms with van der Waals surface area (Å²) >= 11 is 0. The molecule has 1 N–H and O–H groups in total. The van der Waals surface area contributed by atoms with Gasteiger partial charge in [-0.05, 0) is 51.0 Å². The van der Waals surface area contributed by atoms with E-state index in [2.05, 4.69) is 42.4 Å². The zero-order valence-electron chi connectivity index (χ0n) is 12.0. The highest BCUT2D eigenvalue weighted by molar-refractivity contribution is 5.40. The van der Waals surface area contributed by atoms with Crippen LogP contribution in [0.15, 0.2) is 18.2 Å². The highest BCUT2D eigenvalue weighted by Crippen LogP contribution is 2.29. The molecular formula is C16H24N2O. The van der Waals surface area contributed by atoms with Gasteiger partial charge in [0.25, 0.3) is 0 Å². The maximum Gasteiger partial charge on any atom is 0.123 e. The van der Waals surface area contributed by atoms with E-state index in [9.17, 15) is 0 Å². The monoisotopic (exact) mass is 260 g/mol. The van der Waals surface area contributed by atoms with Gasteiger partial charge in [0.05, 0.1) is 0 Å². The van der Waals surface area contributed by atoms with Crippen molar-refractivity contribution in [2.45, 2.75) is 25.9 Å². The van der Waals surface area contributed by atoms with E-state index in [1.807, 2.05) is 0 Å². The second-order valence-electron chi connectivity index (χ2n) is 6.13. The molecule has 0 radical (unpaired) electrons. The molecule has 2 unspecified atom stereocenters. The lowest BCUT2D eigenvalue weighted by Gasteiger charge is -2.15. The minimum absolute atomic E-state index is 0.316. The number of nitrogens with zero attached hydrogens (tertiary/aromatic N) is 1. The van der Waals surface area contributed by atoms with Crippen molar-refractivity contribution in [2.24, 2.45) is 5.92 Å². The standard InChI is InChI=1S/C16H24N2O/c1-12-3-4-16-14(7-12)8-15(19-16)10-17-9-13-5-6-18(2)11-13/h3-4,7,13,15,17H,5-6,8-11H2,1-2H3. The Hall–Kier alpha value is -1.06. The Morgan fingerprint density at radius 3 is 3.05 bits per heavy atom. The van der Waals surface area contributed by atoms with Gasteiger partial charge in [-0.1, -0.05) is 17.7 Å². The number of fused-ring (bicyclic) bond motifs is 1. The van der Waals surface area contributed by atoms with Crippen LogP contribution in [0.1, 0.15) is 17.5 Å². The summed E-state index contributed by atoms with van der Waals surface area (Å²) in [5, 5.41) is 3.59.